The van der Waals surface area contributed by atoms with Crippen molar-refractivity contribution in [2.24, 2.45) is 0 Å². The largest absolute Gasteiger partial charge is 0.487 e. The molecule has 0 saturated carbocycles. The minimum Gasteiger partial charge on any atom is -0.487 e. The van der Waals surface area contributed by atoms with Crippen molar-refractivity contribution in [1.82, 2.24) is 9.88 Å². The van der Waals surface area contributed by atoms with Gasteiger partial charge in [0, 0.05) is 41.9 Å². The number of nitrogens with zero attached hydrogens (tertiary/aromatic N) is 2. The van der Waals surface area contributed by atoms with Gasteiger partial charge in [-0.05, 0) is 81.8 Å². The first-order valence-electron chi connectivity index (χ1n) is 11.7. The highest BCUT2D eigenvalue weighted by Crippen LogP contribution is 2.41. The Hall–Kier alpha value is -1.73. The van der Waals surface area contributed by atoms with Crippen molar-refractivity contribution >= 4 is 11.8 Å². The Bertz CT molecular complexity index is 945. The minimum absolute atomic E-state index is 0.0417. The Morgan fingerprint density at radius 3 is 2.45 bits per heavy atom. The third-order valence-corrected chi connectivity index (χ3v) is 7.81. The summed E-state index contributed by atoms with van der Waals surface area (Å²) in [6.45, 7) is 8.97. The summed E-state index contributed by atoms with van der Waals surface area (Å²) in [5.41, 5.74) is 4.25. The van der Waals surface area contributed by atoms with Crippen molar-refractivity contribution < 1.29 is 17.9 Å². The van der Waals surface area contributed by atoms with Crippen LogP contribution in [0.3, 0.4) is 0 Å². The van der Waals surface area contributed by atoms with Gasteiger partial charge in [0.2, 0.25) is 0 Å². The number of ether oxygens (including phenoxy) is 1. The number of pyridine rings is 1. The lowest BCUT2D eigenvalue weighted by Gasteiger charge is -2.48. The van der Waals surface area contributed by atoms with Crippen LogP contribution in [-0.2, 0) is 12.2 Å². The van der Waals surface area contributed by atoms with Gasteiger partial charge in [-0.2, -0.15) is 24.9 Å². The van der Waals surface area contributed by atoms with Gasteiger partial charge in [-0.15, -0.1) is 0 Å². The monoisotopic (exact) mass is 478 g/mol. The van der Waals surface area contributed by atoms with Crippen LogP contribution in [0.4, 0.5) is 13.2 Å². The predicted octanol–water partition coefficient (Wildman–Crippen LogP) is 6.89. The highest BCUT2D eigenvalue weighted by atomic mass is 32.2. The molecule has 1 saturated heterocycles. The molecule has 2 aliphatic rings. The second-order valence-electron chi connectivity index (χ2n) is 10.2. The van der Waals surface area contributed by atoms with E-state index in [1.807, 2.05) is 12.1 Å². The van der Waals surface area contributed by atoms with Gasteiger partial charge in [0.25, 0.3) is 0 Å². The first kappa shape index (κ1) is 24.4. The summed E-state index contributed by atoms with van der Waals surface area (Å²) < 4.78 is 43.4. The molecular weight excluding hydrogens is 445 g/mol. The summed E-state index contributed by atoms with van der Waals surface area (Å²) in [5, 5.41) is 0. The zero-order chi connectivity index (χ0) is 23.7. The molecule has 180 valence electrons. The average molecular weight is 479 g/mol. The standard InChI is InChI=1S/C26H33F3N2OS/c1-24(2,3)31-13-10-25(11-14-31)9-8-21-16-20(5-7-23(21)32-25)22-6-4-19(17-30-22)18-33-15-12-26(27,28)29/h4-7,16-17H,8-15,18H2,1-3H3. The van der Waals surface area contributed by atoms with Gasteiger partial charge in [0.15, 0.2) is 0 Å². The maximum atomic E-state index is 12.3. The van der Waals surface area contributed by atoms with Crippen LogP contribution in [-0.4, -0.2) is 46.0 Å². The predicted molar refractivity (Wildman–Crippen MR) is 129 cm³/mol. The van der Waals surface area contributed by atoms with Crippen LogP contribution in [0.2, 0.25) is 0 Å². The van der Waals surface area contributed by atoms with E-state index >= 15 is 0 Å². The SMILES string of the molecule is CC(C)(C)N1CCC2(CCc3cc(-c4ccc(CSCCC(F)(F)F)cn4)ccc3O2)CC1. The van der Waals surface area contributed by atoms with Crippen molar-refractivity contribution in [3.63, 3.8) is 0 Å². The molecule has 1 fully saturated rings. The Kier molecular flexibility index (Phi) is 7.02. The third kappa shape index (κ3) is 6.24. The summed E-state index contributed by atoms with van der Waals surface area (Å²) in [6, 6.07) is 10.2. The van der Waals surface area contributed by atoms with Crippen molar-refractivity contribution in [3.8, 4) is 17.0 Å². The molecule has 4 rings (SSSR count). The molecule has 3 nitrogen and oxygen atoms in total. The number of piperidine rings is 1. The number of aromatic nitrogens is 1. The molecule has 33 heavy (non-hydrogen) atoms. The van der Waals surface area contributed by atoms with E-state index < -0.39 is 12.6 Å². The van der Waals surface area contributed by atoms with Gasteiger partial charge in [0.05, 0.1) is 12.1 Å². The number of hydrogen-bond donors (Lipinski definition) is 0. The zero-order valence-electron chi connectivity index (χ0n) is 19.7. The Morgan fingerprint density at radius 2 is 1.82 bits per heavy atom. The maximum absolute atomic E-state index is 12.3. The van der Waals surface area contributed by atoms with E-state index in [0.29, 0.717) is 5.75 Å². The number of fused-ring (bicyclic) bond motifs is 1. The fourth-order valence-electron chi connectivity index (χ4n) is 4.68. The Labute approximate surface area is 199 Å². The molecule has 1 spiro atoms. The summed E-state index contributed by atoms with van der Waals surface area (Å²) in [5.74, 6) is 1.61. The molecule has 2 aromatic rings. The molecule has 0 bridgehead atoms. The van der Waals surface area contributed by atoms with Crippen LogP contribution in [0, 0.1) is 0 Å². The van der Waals surface area contributed by atoms with Crippen LogP contribution in [0.15, 0.2) is 36.5 Å². The Morgan fingerprint density at radius 1 is 1.06 bits per heavy atom. The van der Waals surface area contributed by atoms with Crippen molar-refractivity contribution in [3.05, 3.63) is 47.7 Å². The zero-order valence-corrected chi connectivity index (χ0v) is 20.5. The molecule has 1 aromatic heterocycles. The summed E-state index contributed by atoms with van der Waals surface area (Å²) in [6.07, 6.45) is 1.11. The maximum Gasteiger partial charge on any atom is 0.389 e. The van der Waals surface area contributed by atoms with Gasteiger partial charge in [-0.1, -0.05) is 6.07 Å². The second kappa shape index (κ2) is 9.49. The van der Waals surface area contributed by atoms with Crippen LogP contribution in [0.5, 0.6) is 5.75 Å². The number of hydrogen-bond acceptors (Lipinski definition) is 4. The summed E-state index contributed by atoms with van der Waals surface area (Å²) in [7, 11) is 0. The first-order chi connectivity index (χ1) is 15.5. The van der Waals surface area contributed by atoms with E-state index in [9.17, 15) is 13.2 Å². The average Bonchev–Trinajstić information content (AvgIpc) is 2.76. The normalized spacial score (nSPS) is 18.7. The summed E-state index contributed by atoms with van der Waals surface area (Å²) >= 11 is 1.29. The van der Waals surface area contributed by atoms with E-state index in [0.717, 1.165) is 61.3 Å². The lowest BCUT2D eigenvalue weighted by atomic mass is 9.81. The molecule has 2 aliphatic heterocycles. The molecular formula is C26H33F3N2OS. The number of likely N-dealkylation sites (tertiary alicyclic amines) is 1. The highest BCUT2D eigenvalue weighted by molar-refractivity contribution is 7.98. The molecule has 0 radical (unpaired) electrons. The molecule has 0 unspecified atom stereocenters. The third-order valence-electron chi connectivity index (χ3n) is 6.78. The van der Waals surface area contributed by atoms with Crippen LogP contribution < -0.4 is 4.74 Å². The van der Waals surface area contributed by atoms with Crippen LogP contribution >= 0.6 is 11.8 Å². The van der Waals surface area contributed by atoms with E-state index in [2.05, 4.69) is 48.9 Å². The van der Waals surface area contributed by atoms with E-state index in [4.69, 9.17) is 4.74 Å². The number of alkyl halides is 3. The molecule has 3 heterocycles. The van der Waals surface area contributed by atoms with Crippen molar-refractivity contribution in [1.29, 1.82) is 0 Å². The van der Waals surface area contributed by atoms with Crippen molar-refractivity contribution in [2.45, 2.75) is 75.9 Å². The van der Waals surface area contributed by atoms with Gasteiger partial charge in [0.1, 0.15) is 11.4 Å². The number of aryl methyl sites for hydroxylation is 1. The van der Waals surface area contributed by atoms with Gasteiger partial charge < -0.3 is 4.74 Å². The first-order valence-corrected chi connectivity index (χ1v) is 12.9. The molecule has 7 heteroatoms. The number of thioether (sulfide) groups is 1. The van der Waals surface area contributed by atoms with E-state index in [1.165, 1.54) is 17.3 Å². The topological polar surface area (TPSA) is 25.4 Å². The van der Waals surface area contributed by atoms with Gasteiger partial charge in [-0.3, -0.25) is 9.88 Å². The second-order valence-corrected chi connectivity index (χ2v) is 11.3. The van der Waals surface area contributed by atoms with Crippen LogP contribution in [0.25, 0.3) is 11.3 Å². The smallest absolute Gasteiger partial charge is 0.389 e. The van der Waals surface area contributed by atoms with Crippen molar-refractivity contribution in [2.75, 3.05) is 18.8 Å². The van der Waals surface area contributed by atoms with Crippen LogP contribution in [0.1, 0.15) is 57.6 Å². The van der Waals surface area contributed by atoms with E-state index in [1.54, 1.807) is 6.20 Å². The highest BCUT2D eigenvalue weighted by Gasteiger charge is 2.41. The quantitative estimate of drug-likeness (QED) is 0.437. The van der Waals surface area contributed by atoms with E-state index in [-0.39, 0.29) is 16.9 Å². The number of rotatable bonds is 5. The fourth-order valence-corrected chi connectivity index (χ4v) is 5.60. The summed E-state index contributed by atoms with van der Waals surface area (Å²) in [4.78, 5) is 7.10. The van der Waals surface area contributed by atoms with Gasteiger partial charge in [-0.25, -0.2) is 0 Å². The molecule has 0 atom stereocenters. The number of halogens is 3. The lowest BCUT2D eigenvalue weighted by molar-refractivity contribution is -0.129. The Balaban J connectivity index is 1.36. The van der Waals surface area contributed by atoms with Gasteiger partial charge >= 0.3 is 6.18 Å². The molecule has 0 aliphatic carbocycles. The molecule has 0 amide bonds. The lowest BCUT2D eigenvalue weighted by Crippen LogP contribution is -2.54. The fraction of sp³-hybridized carbons (Fsp3) is 0.577. The number of benzene rings is 1. The molecule has 1 aromatic carbocycles. The molecule has 0 N–H and O–H groups in total. The minimum atomic E-state index is -4.09.